The molecule has 0 aliphatic rings. The van der Waals surface area contributed by atoms with Gasteiger partial charge in [0.2, 0.25) is 0 Å². The van der Waals surface area contributed by atoms with Crippen LogP contribution in [0, 0.1) is 0 Å². The summed E-state index contributed by atoms with van der Waals surface area (Å²) in [5, 5.41) is -0.273. The minimum Gasteiger partial charge on any atom is -0.765 e. The van der Waals surface area contributed by atoms with Crippen molar-refractivity contribution in [2.75, 3.05) is 0 Å². The van der Waals surface area contributed by atoms with Gasteiger partial charge in [-0.2, -0.15) is 0 Å². The highest BCUT2D eigenvalue weighted by Gasteiger charge is 1.91. The molecule has 0 spiro atoms. The van der Waals surface area contributed by atoms with Gasteiger partial charge in [0.25, 0.3) is 5.22 Å². The van der Waals surface area contributed by atoms with Gasteiger partial charge >= 0.3 is 0 Å². The number of rotatable bonds is 1. The molecule has 5 heteroatoms. The Balaban J connectivity index is 2.93. The van der Waals surface area contributed by atoms with Gasteiger partial charge in [0.05, 0.1) is 6.20 Å². The third kappa shape index (κ3) is 0.932. The van der Waals surface area contributed by atoms with Crippen LogP contribution in [-0.2, 0) is 11.1 Å². The van der Waals surface area contributed by atoms with Crippen molar-refractivity contribution in [2.24, 2.45) is 0 Å². The van der Waals surface area contributed by atoms with Crippen molar-refractivity contribution in [2.45, 2.75) is 5.22 Å². The van der Waals surface area contributed by atoms with E-state index in [1.165, 1.54) is 12.5 Å². The van der Waals surface area contributed by atoms with E-state index in [2.05, 4.69) is 9.40 Å². The molecule has 0 bridgehead atoms. The molecule has 1 unspecified atom stereocenters. The predicted molar refractivity (Wildman–Crippen MR) is 23.7 cm³/mol. The number of oxazole rings is 1. The Morgan fingerprint density at radius 1 is 1.88 bits per heavy atom. The summed E-state index contributed by atoms with van der Waals surface area (Å²) in [6.45, 7) is 0. The highest BCUT2D eigenvalue weighted by molar-refractivity contribution is 7.78. The molecule has 0 aliphatic heterocycles. The summed E-state index contributed by atoms with van der Waals surface area (Å²) < 4.78 is 24.2. The van der Waals surface area contributed by atoms with Gasteiger partial charge in [0.15, 0.2) is 0 Å². The van der Waals surface area contributed by atoms with Crippen LogP contribution in [0.3, 0.4) is 0 Å². The average Bonchev–Trinajstić information content (AvgIpc) is 2.12. The lowest BCUT2D eigenvalue weighted by molar-refractivity contribution is 0.416. The summed E-state index contributed by atoms with van der Waals surface area (Å²) in [6.07, 6.45) is 2.47. The van der Waals surface area contributed by atoms with Crippen LogP contribution in [0.5, 0.6) is 0 Å². The summed E-state index contributed by atoms with van der Waals surface area (Å²) in [6, 6.07) is 0. The molecule has 1 aromatic heterocycles. The fourth-order valence-electron chi connectivity index (χ4n) is 0.293. The molecule has 1 aromatic rings. The molecule has 4 nitrogen and oxygen atoms in total. The summed E-state index contributed by atoms with van der Waals surface area (Å²) in [7, 11) is 0. The molecule has 0 aromatic carbocycles. The highest BCUT2D eigenvalue weighted by Crippen LogP contribution is 1.96. The molecule has 1 atom stereocenters. The van der Waals surface area contributed by atoms with Gasteiger partial charge in [0, 0.05) is 11.1 Å². The minimum atomic E-state index is -2.33. The Kier molecular flexibility index (Phi) is 1.40. The molecular weight excluding hydrogens is 130 g/mol. The van der Waals surface area contributed by atoms with Gasteiger partial charge in [-0.05, 0) is 0 Å². The van der Waals surface area contributed by atoms with Crippen molar-refractivity contribution in [1.82, 2.24) is 4.98 Å². The van der Waals surface area contributed by atoms with Crippen LogP contribution in [0.2, 0.25) is 0 Å². The number of hydrogen-bond acceptors (Lipinski definition) is 4. The smallest absolute Gasteiger partial charge is 0.272 e. The third-order valence-corrected chi connectivity index (χ3v) is 1.04. The van der Waals surface area contributed by atoms with Crippen LogP contribution < -0.4 is 0 Å². The zero-order chi connectivity index (χ0) is 5.98. The normalized spacial score (nSPS) is 13.6. The number of hydrogen-bond donors (Lipinski definition) is 0. The van der Waals surface area contributed by atoms with Gasteiger partial charge in [-0.3, -0.25) is 4.21 Å². The Labute approximate surface area is 47.8 Å². The first-order valence-electron chi connectivity index (χ1n) is 1.79. The molecule has 44 valence electrons. The van der Waals surface area contributed by atoms with Crippen LogP contribution in [-0.4, -0.2) is 13.7 Å². The third-order valence-electron chi connectivity index (χ3n) is 0.552. The van der Waals surface area contributed by atoms with E-state index in [1.807, 2.05) is 0 Å². The van der Waals surface area contributed by atoms with Crippen molar-refractivity contribution in [3.05, 3.63) is 12.5 Å². The Bertz CT molecular complexity index is 182. The average molecular weight is 132 g/mol. The standard InChI is InChI=1S/C3H3NO3S/c5-8(6)3-4-1-2-7-3/h1-2H,(H,5,6)/p-1. The van der Waals surface area contributed by atoms with Crippen molar-refractivity contribution in [3.63, 3.8) is 0 Å². The molecular formula is C3H2NO3S-. The lowest BCUT2D eigenvalue weighted by atomic mass is 11.0. The maximum Gasteiger partial charge on any atom is 0.272 e. The van der Waals surface area contributed by atoms with Crippen LogP contribution >= 0.6 is 0 Å². The second-order valence-corrected chi connectivity index (χ2v) is 1.85. The van der Waals surface area contributed by atoms with E-state index in [0.29, 0.717) is 0 Å². The second-order valence-electron chi connectivity index (χ2n) is 1.03. The summed E-state index contributed by atoms with van der Waals surface area (Å²) >= 11 is -2.33. The topological polar surface area (TPSA) is 66.2 Å². The lowest BCUT2D eigenvalue weighted by Gasteiger charge is -1.93. The van der Waals surface area contributed by atoms with Crippen molar-refractivity contribution in [3.8, 4) is 0 Å². The first kappa shape index (κ1) is 5.46. The first-order valence-corrected chi connectivity index (χ1v) is 2.87. The zero-order valence-corrected chi connectivity index (χ0v) is 4.55. The number of aromatic nitrogens is 1. The molecule has 1 heterocycles. The maximum absolute atomic E-state index is 9.91. The maximum atomic E-state index is 9.91. The summed E-state index contributed by atoms with van der Waals surface area (Å²) in [5.74, 6) is 0. The molecule has 0 aliphatic carbocycles. The van der Waals surface area contributed by atoms with Crippen LogP contribution in [0.1, 0.15) is 0 Å². The Morgan fingerprint density at radius 2 is 2.62 bits per heavy atom. The fourth-order valence-corrected chi connectivity index (χ4v) is 0.574. The molecule has 0 amide bonds. The molecule has 0 radical (unpaired) electrons. The van der Waals surface area contributed by atoms with E-state index in [9.17, 15) is 8.76 Å². The SMILES string of the molecule is O=S([O-])c1ncco1. The van der Waals surface area contributed by atoms with Crippen molar-refractivity contribution >= 4 is 11.1 Å². The summed E-state index contributed by atoms with van der Waals surface area (Å²) in [4.78, 5) is 3.34. The molecule has 0 fully saturated rings. The zero-order valence-electron chi connectivity index (χ0n) is 3.73. The van der Waals surface area contributed by atoms with Gasteiger partial charge in [-0.1, -0.05) is 0 Å². The first-order chi connectivity index (χ1) is 3.80. The van der Waals surface area contributed by atoms with Gasteiger partial charge in [0.1, 0.15) is 6.26 Å². The van der Waals surface area contributed by atoms with E-state index in [1.54, 1.807) is 0 Å². The van der Waals surface area contributed by atoms with Crippen molar-refractivity contribution in [1.29, 1.82) is 0 Å². The fraction of sp³-hybridized carbons (Fsp3) is 0. The lowest BCUT2D eigenvalue weighted by Crippen LogP contribution is -1.86. The monoisotopic (exact) mass is 132 g/mol. The summed E-state index contributed by atoms with van der Waals surface area (Å²) in [5.41, 5.74) is 0. The van der Waals surface area contributed by atoms with E-state index in [0.717, 1.165) is 0 Å². The second kappa shape index (κ2) is 2.06. The largest absolute Gasteiger partial charge is 0.765 e. The van der Waals surface area contributed by atoms with Gasteiger partial charge in [-0.25, -0.2) is 4.98 Å². The van der Waals surface area contributed by atoms with Crippen LogP contribution in [0.15, 0.2) is 22.1 Å². The van der Waals surface area contributed by atoms with E-state index in [-0.39, 0.29) is 5.22 Å². The van der Waals surface area contributed by atoms with Crippen molar-refractivity contribution < 1.29 is 13.2 Å². The van der Waals surface area contributed by atoms with E-state index in [4.69, 9.17) is 0 Å². The highest BCUT2D eigenvalue weighted by atomic mass is 32.2. The molecule has 8 heavy (non-hydrogen) atoms. The minimum absolute atomic E-state index is 0.273. The van der Waals surface area contributed by atoms with Crippen LogP contribution in [0.4, 0.5) is 0 Å². The predicted octanol–water partition coefficient (Wildman–Crippen LogP) is -0.0874. The van der Waals surface area contributed by atoms with Gasteiger partial charge < -0.3 is 8.97 Å². The molecule has 0 saturated carbocycles. The van der Waals surface area contributed by atoms with Crippen LogP contribution in [0.25, 0.3) is 0 Å². The van der Waals surface area contributed by atoms with E-state index >= 15 is 0 Å². The van der Waals surface area contributed by atoms with E-state index < -0.39 is 11.1 Å². The molecule has 0 N–H and O–H groups in total. The Morgan fingerprint density at radius 3 is 2.88 bits per heavy atom. The molecule has 0 saturated heterocycles. The Hall–Kier alpha value is -0.680. The molecule has 1 rings (SSSR count). The quantitative estimate of drug-likeness (QED) is 0.501. The van der Waals surface area contributed by atoms with Gasteiger partial charge in [-0.15, -0.1) is 0 Å². The number of nitrogens with zero attached hydrogens (tertiary/aromatic N) is 1.